The molecule has 1 aliphatic rings. The number of rotatable bonds is 3. The summed E-state index contributed by atoms with van der Waals surface area (Å²) < 4.78 is 8.46. The lowest BCUT2D eigenvalue weighted by Crippen LogP contribution is -2.28. The van der Waals surface area contributed by atoms with Crippen LogP contribution in [-0.2, 0) is 0 Å². The van der Waals surface area contributed by atoms with Crippen LogP contribution in [0.5, 0.6) is 5.75 Å². The van der Waals surface area contributed by atoms with Gasteiger partial charge in [0.1, 0.15) is 5.75 Å². The lowest BCUT2D eigenvalue weighted by atomic mass is 9.93. The monoisotopic (exact) mass is 399 g/mol. The molecule has 2 atom stereocenters. The van der Waals surface area contributed by atoms with Gasteiger partial charge in [-0.1, -0.05) is 46.3 Å². The Balaban J connectivity index is 1.78. The maximum absolute atomic E-state index is 5.85. The summed E-state index contributed by atoms with van der Waals surface area (Å²) in [5.41, 5.74) is 8.11. The third-order valence-electron chi connectivity index (χ3n) is 4.48. The predicted molar refractivity (Wildman–Crippen MR) is 101 cm³/mol. The van der Waals surface area contributed by atoms with Crippen LogP contribution in [0.15, 0.2) is 53.0 Å². The highest BCUT2D eigenvalue weighted by Gasteiger charge is 2.32. The second-order valence-electron chi connectivity index (χ2n) is 5.98. The first kappa shape index (κ1) is 16.0. The van der Waals surface area contributed by atoms with Gasteiger partial charge in [-0.05, 0) is 30.2 Å². The molecule has 3 N–H and O–H groups in total. The number of nitrogens with zero attached hydrogens (tertiary/aromatic N) is 3. The average Bonchev–Trinajstić information content (AvgIpc) is 3.01. The number of benzene rings is 2. The largest absolute Gasteiger partial charge is 0.496 e. The lowest BCUT2D eigenvalue weighted by Gasteiger charge is -2.32. The molecule has 0 spiro atoms. The molecule has 7 heteroatoms. The standard InChI is InChI=1S/C18H18BrN5O/c1-25-16-5-3-2-4-13(16)15-10-14(11-6-8-12(19)9-7-11)21-18-22-17(20)23-24(15)18/h2-9,14-15H,10H2,1H3,(H3,20,21,22,23). The van der Waals surface area contributed by atoms with Crippen LogP contribution >= 0.6 is 15.9 Å². The van der Waals surface area contributed by atoms with Crippen molar-refractivity contribution in [1.29, 1.82) is 0 Å². The zero-order valence-corrected chi connectivity index (χ0v) is 15.3. The van der Waals surface area contributed by atoms with Gasteiger partial charge in [-0.15, -0.1) is 5.10 Å². The average molecular weight is 400 g/mol. The van der Waals surface area contributed by atoms with E-state index >= 15 is 0 Å². The number of nitrogens with one attached hydrogen (secondary N) is 1. The van der Waals surface area contributed by atoms with E-state index < -0.39 is 0 Å². The van der Waals surface area contributed by atoms with Gasteiger partial charge >= 0.3 is 0 Å². The number of anilines is 2. The zero-order chi connectivity index (χ0) is 17.4. The van der Waals surface area contributed by atoms with Crippen LogP contribution in [0, 0.1) is 0 Å². The molecule has 6 nitrogen and oxygen atoms in total. The summed E-state index contributed by atoms with van der Waals surface area (Å²) in [7, 11) is 1.68. The Labute approximate surface area is 154 Å². The topological polar surface area (TPSA) is 78.0 Å². The summed E-state index contributed by atoms with van der Waals surface area (Å²) in [5.74, 6) is 1.77. The summed E-state index contributed by atoms with van der Waals surface area (Å²) in [5, 5.41) is 7.83. The second-order valence-corrected chi connectivity index (χ2v) is 6.90. The number of nitrogens with two attached hydrogens (primary N) is 1. The van der Waals surface area contributed by atoms with E-state index in [2.05, 4.69) is 49.5 Å². The molecular weight excluding hydrogens is 382 g/mol. The molecule has 0 aliphatic carbocycles. The molecule has 0 radical (unpaired) electrons. The number of halogens is 1. The number of hydrogen-bond acceptors (Lipinski definition) is 5. The fourth-order valence-electron chi connectivity index (χ4n) is 3.31. The normalized spacial score (nSPS) is 19.1. The molecule has 25 heavy (non-hydrogen) atoms. The Morgan fingerprint density at radius 3 is 2.72 bits per heavy atom. The number of fused-ring (bicyclic) bond motifs is 1. The summed E-state index contributed by atoms with van der Waals surface area (Å²) in [4.78, 5) is 4.34. The van der Waals surface area contributed by atoms with Crippen LogP contribution < -0.4 is 15.8 Å². The van der Waals surface area contributed by atoms with Gasteiger partial charge in [0.2, 0.25) is 11.9 Å². The first-order chi connectivity index (χ1) is 12.2. The Kier molecular flexibility index (Phi) is 4.09. The highest BCUT2D eigenvalue weighted by molar-refractivity contribution is 9.10. The van der Waals surface area contributed by atoms with Crippen molar-refractivity contribution >= 4 is 27.8 Å². The van der Waals surface area contributed by atoms with Gasteiger partial charge in [-0.3, -0.25) is 0 Å². The van der Waals surface area contributed by atoms with Crippen molar-refractivity contribution in [2.75, 3.05) is 18.2 Å². The van der Waals surface area contributed by atoms with E-state index in [-0.39, 0.29) is 18.0 Å². The molecule has 2 heterocycles. The Bertz CT molecular complexity index is 893. The molecule has 0 saturated carbocycles. The first-order valence-electron chi connectivity index (χ1n) is 8.02. The highest BCUT2D eigenvalue weighted by Crippen LogP contribution is 2.40. The molecule has 0 saturated heterocycles. The zero-order valence-electron chi connectivity index (χ0n) is 13.7. The molecule has 128 valence electrons. The molecule has 0 amide bonds. The third kappa shape index (κ3) is 2.95. The van der Waals surface area contributed by atoms with Gasteiger partial charge < -0.3 is 15.8 Å². The smallest absolute Gasteiger partial charge is 0.241 e. The fraction of sp³-hybridized carbons (Fsp3) is 0.222. The van der Waals surface area contributed by atoms with E-state index in [0.717, 1.165) is 22.2 Å². The van der Waals surface area contributed by atoms with E-state index in [1.54, 1.807) is 7.11 Å². The molecule has 0 fully saturated rings. The number of methoxy groups -OCH3 is 1. The molecule has 2 aromatic carbocycles. The van der Waals surface area contributed by atoms with Crippen LogP contribution in [0.1, 0.15) is 29.6 Å². The van der Waals surface area contributed by atoms with Gasteiger partial charge in [0.05, 0.1) is 19.2 Å². The van der Waals surface area contributed by atoms with E-state index in [4.69, 9.17) is 10.5 Å². The predicted octanol–water partition coefficient (Wildman–Crippen LogP) is 3.78. The van der Waals surface area contributed by atoms with Gasteiger partial charge in [0.25, 0.3) is 0 Å². The molecule has 1 aromatic heterocycles. The van der Waals surface area contributed by atoms with Crippen LogP contribution in [0.3, 0.4) is 0 Å². The third-order valence-corrected chi connectivity index (χ3v) is 5.00. The molecule has 2 unspecified atom stereocenters. The molecule has 0 bridgehead atoms. The van der Waals surface area contributed by atoms with E-state index in [1.165, 1.54) is 5.56 Å². The maximum atomic E-state index is 5.85. The summed E-state index contributed by atoms with van der Waals surface area (Å²) in [6.07, 6.45) is 0.817. The second kappa shape index (κ2) is 6.40. The fourth-order valence-corrected chi connectivity index (χ4v) is 3.57. The van der Waals surface area contributed by atoms with Crippen molar-refractivity contribution < 1.29 is 4.74 Å². The molecule has 3 aromatic rings. The van der Waals surface area contributed by atoms with Crippen molar-refractivity contribution in [3.8, 4) is 5.75 Å². The molecule has 4 rings (SSSR count). The minimum atomic E-state index is -0.00848. The van der Waals surface area contributed by atoms with Crippen molar-refractivity contribution in [2.24, 2.45) is 0 Å². The Morgan fingerprint density at radius 1 is 1.20 bits per heavy atom. The van der Waals surface area contributed by atoms with Crippen LogP contribution in [0.25, 0.3) is 0 Å². The lowest BCUT2D eigenvalue weighted by molar-refractivity contribution is 0.380. The summed E-state index contributed by atoms with van der Waals surface area (Å²) >= 11 is 3.49. The number of nitrogen functional groups attached to an aromatic ring is 1. The van der Waals surface area contributed by atoms with Crippen molar-refractivity contribution in [2.45, 2.75) is 18.5 Å². The highest BCUT2D eigenvalue weighted by atomic mass is 79.9. The van der Waals surface area contributed by atoms with E-state index in [9.17, 15) is 0 Å². The van der Waals surface area contributed by atoms with Crippen molar-refractivity contribution in [1.82, 2.24) is 14.8 Å². The SMILES string of the molecule is COc1ccccc1C1CC(c2ccc(Br)cc2)Nc2nc(N)nn21. The maximum Gasteiger partial charge on any atom is 0.241 e. The van der Waals surface area contributed by atoms with E-state index in [1.807, 2.05) is 35.0 Å². The molecule has 1 aliphatic heterocycles. The number of aromatic nitrogens is 3. The van der Waals surface area contributed by atoms with Crippen LogP contribution in [-0.4, -0.2) is 21.9 Å². The van der Waals surface area contributed by atoms with E-state index in [0.29, 0.717) is 5.95 Å². The first-order valence-corrected chi connectivity index (χ1v) is 8.82. The van der Waals surface area contributed by atoms with Gasteiger partial charge in [-0.25, -0.2) is 4.68 Å². The van der Waals surface area contributed by atoms with Crippen molar-refractivity contribution in [3.63, 3.8) is 0 Å². The van der Waals surface area contributed by atoms with Crippen LogP contribution in [0.2, 0.25) is 0 Å². The van der Waals surface area contributed by atoms with Crippen molar-refractivity contribution in [3.05, 3.63) is 64.1 Å². The number of hydrogen-bond donors (Lipinski definition) is 2. The minimum Gasteiger partial charge on any atom is -0.496 e. The number of para-hydroxylation sites is 1. The van der Waals surface area contributed by atoms with Gasteiger partial charge in [-0.2, -0.15) is 4.98 Å². The summed E-state index contributed by atoms with van der Waals surface area (Å²) in [6, 6.07) is 16.4. The Hall–Kier alpha value is -2.54. The Morgan fingerprint density at radius 2 is 1.96 bits per heavy atom. The summed E-state index contributed by atoms with van der Waals surface area (Å²) in [6.45, 7) is 0. The van der Waals surface area contributed by atoms with Crippen LogP contribution in [0.4, 0.5) is 11.9 Å². The molecular formula is C18H18BrN5O. The number of ether oxygens (including phenoxy) is 1. The minimum absolute atomic E-state index is 0.00848. The van der Waals surface area contributed by atoms with Gasteiger partial charge in [0.15, 0.2) is 0 Å². The van der Waals surface area contributed by atoms with Gasteiger partial charge in [0, 0.05) is 10.0 Å². The quantitative estimate of drug-likeness (QED) is 0.700.